The standard InChI is InChI=1S/C20H18ClNO5S2/c1-26-16-8-6-15(7-9-16)22(13-17-4-3-11-28-17)29(24,25)19-12-14(20(23)27-2)5-10-18(19)21/h3-12H,13H2,1-2H3. The van der Waals surface area contributed by atoms with Gasteiger partial charge in [0.15, 0.2) is 0 Å². The van der Waals surface area contributed by atoms with Crippen LogP contribution in [0.5, 0.6) is 5.75 Å². The number of ether oxygens (including phenoxy) is 2. The van der Waals surface area contributed by atoms with Crippen molar-refractivity contribution in [2.45, 2.75) is 11.4 Å². The number of esters is 1. The summed E-state index contributed by atoms with van der Waals surface area (Å²) in [6, 6.07) is 14.4. The topological polar surface area (TPSA) is 72.9 Å². The minimum Gasteiger partial charge on any atom is -0.497 e. The third-order valence-corrected chi connectivity index (χ3v) is 7.28. The molecule has 0 aliphatic carbocycles. The summed E-state index contributed by atoms with van der Waals surface area (Å²) in [6.45, 7) is 0.116. The molecule has 0 bridgehead atoms. The molecule has 0 aliphatic heterocycles. The molecule has 0 radical (unpaired) electrons. The highest BCUT2D eigenvalue weighted by Crippen LogP contribution is 2.32. The Kier molecular flexibility index (Phi) is 6.46. The number of carbonyl (C=O) groups excluding carboxylic acids is 1. The van der Waals surface area contributed by atoms with Crippen LogP contribution < -0.4 is 9.04 Å². The maximum absolute atomic E-state index is 13.6. The fraction of sp³-hybridized carbons (Fsp3) is 0.150. The van der Waals surface area contributed by atoms with E-state index in [1.54, 1.807) is 24.3 Å². The van der Waals surface area contributed by atoms with Crippen LogP contribution in [0.4, 0.5) is 5.69 Å². The van der Waals surface area contributed by atoms with Crippen LogP contribution in [0.3, 0.4) is 0 Å². The number of hydrogen-bond donors (Lipinski definition) is 0. The summed E-state index contributed by atoms with van der Waals surface area (Å²) in [4.78, 5) is 12.6. The number of halogens is 1. The molecular formula is C20H18ClNO5S2. The number of carbonyl (C=O) groups is 1. The van der Waals surface area contributed by atoms with Gasteiger partial charge in [-0.05, 0) is 53.9 Å². The highest BCUT2D eigenvalue weighted by atomic mass is 35.5. The van der Waals surface area contributed by atoms with Crippen LogP contribution >= 0.6 is 22.9 Å². The molecule has 0 aliphatic rings. The maximum atomic E-state index is 13.6. The second kappa shape index (κ2) is 8.86. The SMILES string of the molecule is COC(=O)c1ccc(Cl)c(S(=O)(=O)N(Cc2cccs2)c2ccc(OC)cc2)c1. The van der Waals surface area contributed by atoms with Crippen LogP contribution in [0.1, 0.15) is 15.2 Å². The number of nitrogens with zero attached hydrogens (tertiary/aromatic N) is 1. The van der Waals surface area contributed by atoms with Gasteiger partial charge in [0.1, 0.15) is 10.6 Å². The van der Waals surface area contributed by atoms with E-state index in [9.17, 15) is 13.2 Å². The molecule has 2 aromatic carbocycles. The summed E-state index contributed by atoms with van der Waals surface area (Å²) >= 11 is 7.66. The van der Waals surface area contributed by atoms with E-state index in [2.05, 4.69) is 0 Å². The number of hydrogen-bond acceptors (Lipinski definition) is 6. The van der Waals surface area contributed by atoms with Crippen LogP contribution in [0.15, 0.2) is 64.9 Å². The Labute approximate surface area is 178 Å². The molecule has 3 rings (SSSR count). The lowest BCUT2D eigenvalue weighted by Gasteiger charge is -2.25. The van der Waals surface area contributed by atoms with Gasteiger partial charge in [0, 0.05) is 4.88 Å². The Hall–Kier alpha value is -2.55. The fourth-order valence-electron chi connectivity index (χ4n) is 2.67. The molecule has 0 saturated heterocycles. The second-order valence-electron chi connectivity index (χ2n) is 5.93. The summed E-state index contributed by atoms with van der Waals surface area (Å²) in [5.74, 6) is -0.0414. The highest BCUT2D eigenvalue weighted by Gasteiger charge is 2.29. The maximum Gasteiger partial charge on any atom is 0.337 e. The molecular weight excluding hydrogens is 434 g/mol. The van der Waals surface area contributed by atoms with E-state index in [4.69, 9.17) is 21.1 Å². The first-order valence-corrected chi connectivity index (χ1v) is 11.1. The minimum atomic E-state index is -4.09. The molecule has 0 amide bonds. The van der Waals surface area contributed by atoms with Gasteiger partial charge in [0.25, 0.3) is 10.0 Å². The molecule has 6 nitrogen and oxygen atoms in total. The average molecular weight is 452 g/mol. The Morgan fingerprint density at radius 1 is 1.10 bits per heavy atom. The third-order valence-electron chi connectivity index (χ3n) is 4.16. The van der Waals surface area contributed by atoms with Gasteiger partial charge in [-0.25, -0.2) is 13.2 Å². The summed E-state index contributed by atoms with van der Waals surface area (Å²) in [5.41, 5.74) is 0.542. The van der Waals surface area contributed by atoms with Crippen LogP contribution in [0, 0.1) is 0 Å². The minimum absolute atomic E-state index is 0.0161. The van der Waals surface area contributed by atoms with E-state index >= 15 is 0 Å². The lowest BCUT2D eigenvalue weighted by Crippen LogP contribution is -2.30. The van der Waals surface area contributed by atoms with Gasteiger partial charge in [-0.3, -0.25) is 4.31 Å². The Balaban J connectivity index is 2.11. The normalized spacial score (nSPS) is 11.1. The van der Waals surface area contributed by atoms with Crippen molar-refractivity contribution in [3.8, 4) is 5.75 Å². The van der Waals surface area contributed by atoms with E-state index in [0.29, 0.717) is 11.4 Å². The molecule has 0 spiro atoms. The quantitative estimate of drug-likeness (QED) is 0.491. The number of thiophene rings is 1. The smallest absolute Gasteiger partial charge is 0.337 e. The molecule has 0 unspecified atom stereocenters. The van der Waals surface area contributed by atoms with Crippen molar-refractivity contribution in [3.05, 3.63) is 75.4 Å². The number of rotatable bonds is 7. The van der Waals surface area contributed by atoms with E-state index in [1.165, 1.54) is 48.1 Å². The monoisotopic (exact) mass is 451 g/mol. The van der Waals surface area contributed by atoms with Crippen molar-refractivity contribution < 1.29 is 22.7 Å². The fourth-order valence-corrected chi connectivity index (χ4v) is 5.39. The summed E-state index contributed by atoms with van der Waals surface area (Å²) in [5, 5.41) is 1.89. The first-order chi connectivity index (χ1) is 13.9. The van der Waals surface area contributed by atoms with E-state index in [1.807, 2.05) is 17.5 Å². The van der Waals surface area contributed by atoms with Crippen molar-refractivity contribution in [3.63, 3.8) is 0 Å². The summed E-state index contributed by atoms with van der Waals surface area (Å²) < 4.78 is 38.2. The zero-order chi connectivity index (χ0) is 21.0. The Bertz CT molecular complexity index is 1100. The van der Waals surface area contributed by atoms with E-state index in [0.717, 1.165) is 4.88 Å². The van der Waals surface area contributed by atoms with Crippen molar-refractivity contribution in [2.24, 2.45) is 0 Å². The molecule has 9 heteroatoms. The molecule has 3 aromatic rings. The Morgan fingerprint density at radius 2 is 1.83 bits per heavy atom. The van der Waals surface area contributed by atoms with Crippen LogP contribution in [-0.2, 0) is 21.3 Å². The predicted octanol–water partition coefficient (Wildman–Crippen LogP) is 4.59. The van der Waals surface area contributed by atoms with E-state index < -0.39 is 16.0 Å². The van der Waals surface area contributed by atoms with Crippen molar-refractivity contribution in [2.75, 3.05) is 18.5 Å². The molecule has 0 fully saturated rings. The van der Waals surface area contributed by atoms with E-state index in [-0.39, 0.29) is 22.0 Å². The van der Waals surface area contributed by atoms with Gasteiger partial charge >= 0.3 is 5.97 Å². The molecule has 0 N–H and O–H groups in total. The molecule has 29 heavy (non-hydrogen) atoms. The van der Waals surface area contributed by atoms with Gasteiger partial charge in [-0.1, -0.05) is 17.7 Å². The molecule has 0 atom stereocenters. The van der Waals surface area contributed by atoms with Gasteiger partial charge in [0.05, 0.1) is 37.0 Å². The van der Waals surface area contributed by atoms with Crippen LogP contribution in [-0.4, -0.2) is 28.6 Å². The highest BCUT2D eigenvalue weighted by molar-refractivity contribution is 7.93. The number of methoxy groups -OCH3 is 2. The second-order valence-corrected chi connectivity index (χ2v) is 9.20. The molecule has 152 valence electrons. The lowest BCUT2D eigenvalue weighted by atomic mass is 10.2. The predicted molar refractivity (Wildman–Crippen MR) is 113 cm³/mol. The van der Waals surface area contributed by atoms with Crippen molar-refractivity contribution in [1.29, 1.82) is 0 Å². The first kappa shape index (κ1) is 21.2. The Morgan fingerprint density at radius 3 is 2.41 bits per heavy atom. The molecule has 1 aromatic heterocycles. The van der Waals surface area contributed by atoms with Gasteiger partial charge in [-0.2, -0.15) is 0 Å². The summed E-state index contributed by atoms with van der Waals surface area (Å²) in [7, 11) is -1.32. The van der Waals surface area contributed by atoms with Crippen molar-refractivity contribution in [1.82, 2.24) is 0 Å². The lowest BCUT2D eigenvalue weighted by molar-refractivity contribution is 0.0600. The van der Waals surface area contributed by atoms with Gasteiger partial charge in [0.2, 0.25) is 0 Å². The average Bonchev–Trinajstić information content (AvgIpc) is 3.25. The zero-order valence-corrected chi connectivity index (χ0v) is 18.1. The van der Waals surface area contributed by atoms with Gasteiger partial charge < -0.3 is 9.47 Å². The largest absolute Gasteiger partial charge is 0.497 e. The number of benzene rings is 2. The zero-order valence-electron chi connectivity index (χ0n) is 15.7. The van der Waals surface area contributed by atoms with Crippen LogP contribution in [0.2, 0.25) is 5.02 Å². The molecule has 1 heterocycles. The third kappa shape index (κ3) is 4.55. The number of sulfonamides is 1. The van der Waals surface area contributed by atoms with Crippen LogP contribution in [0.25, 0.3) is 0 Å². The molecule has 0 saturated carbocycles. The number of anilines is 1. The van der Waals surface area contributed by atoms with Crippen molar-refractivity contribution >= 4 is 44.6 Å². The summed E-state index contributed by atoms with van der Waals surface area (Å²) in [6.07, 6.45) is 0. The van der Waals surface area contributed by atoms with Gasteiger partial charge in [-0.15, -0.1) is 11.3 Å². The first-order valence-electron chi connectivity index (χ1n) is 8.44.